The summed E-state index contributed by atoms with van der Waals surface area (Å²) in [5, 5.41) is 7.32. The average molecular weight is 340 g/mol. The first kappa shape index (κ1) is 17.2. The van der Waals surface area contributed by atoms with Gasteiger partial charge in [0.15, 0.2) is 5.69 Å². The predicted molar refractivity (Wildman–Crippen MR) is 96.9 cm³/mol. The van der Waals surface area contributed by atoms with Crippen molar-refractivity contribution in [2.75, 3.05) is 18.4 Å². The highest BCUT2D eigenvalue weighted by atomic mass is 16.2. The third kappa shape index (κ3) is 4.07. The molecule has 6 heteroatoms. The van der Waals surface area contributed by atoms with Crippen LogP contribution in [0.3, 0.4) is 0 Å². The number of benzene rings is 1. The van der Waals surface area contributed by atoms with E-state index in [4.69, 9.17) is 0 Å². The molecule has 0 bridgehead atoms. The zero-order valence-corrected chi connectivity index (χ0v) is 14.6. The molecule has 2 heterocycles. The van der Waals surface area contributed by atoms with Crippen LogP contribution in [-0.4, -0.2) is 39.6 Å². The third-order valence-corrected chi connectivity index (χ3v) is 4.41. The first-order chi connectivity index (χ1) is 12.2. The van der Waals surface area contributed by atoms with Gasteiger partial charge in [-0.2, -0.15) is 5.10 Å². The lowest BCUT2D eigenvalue weighted by atomic mass is 10.2. The van der Waals surface area contributed by atoms with Crippen molar-refractivity contribution in [1.82, 2.24) is 14.7 Å². The van der Waals surface area contributed by atoms with Gasteiger partial charge in [-0.15, -0.1) is 0 Å². The van der Waals surface area contributed by atoms with Gasteiger partial charge in [-0.3, -0.25) is 9.59 Å². The normalized spacial score (nSPS) is 14.8. The summed E-state index contributed by atoms with van der Waals surface area (Å²) in [7, 11) is 0. The van der Waals surface area contributed by atoms with Crippen molar-refractivity contribution in [2.24, 2.45) is 0 Å². The van der Waals surface area contributed by atoms with Gasteiger partial charge >= 0.3 is 0 Å². The molecule has 1 saturated heterocycles. The Labute approximate surface area is 147 Å². The number of rotatable bonds is 4. The van der Waals surface area contributed by atoms with E-state index in [2.05, 4.69) is 10.4 Å². The van der Waals surface area contributed by atoms with Crippen LogP contribution in [0.25, 0.3) is 5.69 Å². The molecule has 1 fully saturated rings. The molecule has 132 valence electrons. The molecular weight excluding hydrogens is 316 g/mol. The van der Waals surface area contributed by atoms with Gasteiger partial charge in [0.05, 0.1) is 5.69 Å². The molecule has 2 amide bonds. The minimum absolute atomic E-state index is 0.0661. The molecule has 1 aliphatic heterocycles. The van der Waals surface area contributed by atoms with Crippen LogP contribution < -0.4 is 5.32 Å². The fraction of sp³-hybridized carbons (Fsp3) is 0.421. The summed E-state index contributed by atoms with van der Waals surface area (Å²) in [6.45, 7) is 3.34. The maximum Gasteiger partial charge on any atom is 0.274 e. The fourth-order valence-electron chi connectivity index (χ4n) is 3.01. The second kappa shape index (κ2) is 7.96. The number of hydrogen-bond acceptors (Lipinski definition) is 3. The van der Waals surface area contributed by atoms with Crippen LogP contribution in [0.2, 0.25) is 0 Å². The Hall–Kier alpha value is -2.63. The van der Waals surface area contributed by atoms with Gasteiger partial charge in [-0.05, 0) is 25.0 Å². The molecule has 3 rings (SSSR count). The van der Waals surface area contributed by atoms with Crippen LogP contribution in [0.15, 0.2) is 36.4 Å². The van der Waals surface area contributed by atoms with Gasteiger partial charge in [0.1, 0.15) is 5.82 Å². The van der Waals surface area contributed by atoms with E-state index in [9.17, 15) is 9.59 Å². The van der Waals surface area contributed by atoms with Crippen molar-refractivity contribution in [3.8, 4) is 5.69 Å². The summed E-state index contributed by atoms with van der Waals surface area (Å²) < 4.78 is 1.62. The fourth-order valence-corrected chi connectivity index (χ4v) is 3.01. The minimum atomic E-state index is -0.106. The van der Waals surface area contributed by atoms with E-state index >= 15 is 0 Å². The molecule has 0 saturated carbocycles. The number of nitrogens with zero attached hydrogens (tertiary/aromatic N) is 3. The van der Waals surface area contributed by atoms with Crippen LogP contribution in [0.1, 0.15) is 49.5 Å². The Balaban J connectivity index is 1.92. The number of nitrogens with one attached hydrogen (secondary N) is 1. The number of aromatic nitrogens is 2. The van der Waals surface area contributed by atoms with Gasteiger partial charge in [0.2, 0.25) is 5.91 Å². The lowest BCUT2D eigenvalue weighted by Crippen LogP contribution is -2.32. The number of carbonyl (C=O) groups is 2. The Morgan fingerprint density at radius 2 is 1.76 bits per heavy atom. The SMILES string of the molecule is CCC(=O)Nc1cc(C(=O)N2CCCCCC2)nn1-c1ccccc1. The van der Waals surface area contributed by atoms with E-state index in [1.54, 1.807) is 17.7 Å². The van der Waals surface area contributed by atoms with E-state index < -0.39 is 0 Å². The second-order valence-electron chi connectivity index (χ2n) is 6.27. The highest BCUT2D eigenvalue weighted by Crippen LogP contribution is 2.20. The number of hydrogen-bond donors (Lipinski definition) is 1. The lowest BCUT2D eigenvalue weighted by Gasteiger charge is -2.18. The second-order valence-corrected chi connectivity index (χ2v) is 6.27. The Bertz CT molecular complexity index is 731. The molecule has 0 aliphatic carbocycles. The highest BCUT2D eigenvalue weighted by molar-refractivity contribution is 5.95. The van der Waals surface area contributed by atoms with E-state index in [0.717, 1.165) is 31.6 Å². The topological polar surface area (TPSA) is 67.2 Å². The molecule has 0 unspecified atom stereocenters. The van der Waals surface area contributed by atoms with Crippen LogP contribution >= 0.6 is 0 Å². The monoisotopic (exact) mass is 340 g/mol. The molecule has 1 N–H and O–H groups in total. The zero-order valence-electron chi connectivity index (χ0n) is 14.6. The number of carbonyl (C=O) groups excluding carboxylic acids is 2. The smallest absolute Gasteiger partial charge is 0.274 e. The quantitative estimate of drug-likeness (QED) is 0.929. The van der Waals surface area contributed by atoms with Crippen molar-refractivity contribution < 1.29 is 9.59 Å². The summed E-state index contributed by atoms with van der Waals surface area (Å²) >= 11 is 0. The Morgan fingerprint density at radius 3 is 2.40 bits per heavy atom. The molecule has 1 aromatic heterocycles. The van der Waals surface area contributed by atoms with Crippen LogP contribution in [0.5, 0.6) is 0 Å². The molecule has 2 aromatic rings. The number of likely N-dealkylation sites (tertiary alicyclic amines) is 1. The van der Waals surface area contributed by atoms with E-state index in [1.165, 1.54) is 12.8 Å². The average Bonchev–Trinajstić information content (AvgIpc) is 2.87. The van der Waals surface area contributed by atoms with Gasteiger partial charge in [-0.1, -0.05) is 38.0 Å². The molecule has 0 radical (unpaired) electrons. The van der Waals surface area contributed by atoms with Crippen LogP contribution in [0, 0.1) is 0 Å². The molecule has 0 atom stereocenters. The van der Waals surface area contributed by atoms with E-state index in [0.29, 0.717) is 17.9 Å². The van der Waals surface area contributed by atoms with E-state index in [1.807, 2.05) is 35.2 Å². The molecular formula is C19H24N4O2. The summed E-state index contributed by atoms with van der Waals surface area (Å²) in [6, 6.07) is 11.2. The lowest BCUT2D eigenvalue weighted by molar-refractivity contribution is -0.115. The molecule has 1 aromatic carbocycles. The Kier molecular flexibility index (Phi) is 5.48. The maximum absolute atomic E-state index is 12.8. The standard InChI is InChI=1S/C19H24N4O2/c1-2-18(24)20-17-14-16(19(25)22-12-8-3-4-9-13-22)21-23(17)15-10-6-5-7-11-15/h5-7,10-11,14H,2-4,8-9,12-13H2,1H3,(H,20,24). The number of para-hydroxylation sites is 1. The minimum Gasteiger partial charge on any atom is -0.337 e. The highest BCUT2D eigenvalue weighted by Gasteiger charge is 2.22. The van der Waals surface area contributed by atoms with Crippen molar-refractivity contribution in [2.45, 2.75) is 39.0 Å². The number of amides is 2. The molecule has 25 heavy (non-hydrogen) atoms. The van der Waals surface area contributed by atoms with Gasteiger partial charge in [-0.25, -0.2) is 4.68 Å². The van der Waals surface area contributed by atoms with Crippen molar-refractivity contribution in [1.29, 1.82) is 0 Å². The maximum atomic E-state index is 12.8. The van der Waals surface area contributed by atoms with Crippen LogP contribution in [0.4, 0.5) is 5.82 Å². The van der Waals surface area contributed by atoms with Gasteiger partial charge < -0.3 is 10.2 Å². The summed E-state index contributed by atoms with van der Waals surface area (Å²) in [5.74, 6) is 0.352. The molecule has 1 aliphatic rings. The van der Waals surface area contributed by atoms with Crippen molar-refractivity contribution >= 4 is 17.6 Å². The van der Waals surface area contributed by atoms with Gasteiger partial charge in [0.25, 0.3) is 5.91 Å². The summed E-state index contributed by atoms with van der Waals surface area (Å²) in [5.41, 5.74) is 1.18. The third-order valence-electron chi connectivity index (χ3n) is 4.41. The largest absolute Gasteiger partial charge is 0.337 e. The molecule has 6 nitrogen and oxygen atoms in total. The van der Waals surface area contributed by atoms with Gasteiger partial charge in [0, 0.05) is 25.6 Å². The zero-order chi connectivity index (χ0) is 17.6. The Morgan fingerprint density at radius 1 is 1.08 bits per heavy atom. The summed E-state index contributed by atoms with van der Waals surface area (Å²) in [6.07, 6.45) is 4.77. The van der Waals surface area contributed by atoms with Crippen molar-refractivity contribution in [3.63, 3.8) is 0 Å². The van der Waals surface area contributed by atoms with Crippen LogP contribution in [-0.2, 0) is 4.79 Å². The number of anilines is 1. The predicted octanol–water partition coefficient (Wildman–Crippen LogP) is 3.24. The first-order valence-corrected chi connectivity index (χ1v) is 8.93. The first-order valence-electron chi connectivity index (χ1n) is 8.93. The summed E-state index contributed by atoms with van der Waals surface area (Å²) in [4.78, 5) is 26.6. The van der Waals surface area contributed by atoms with Crippen molar-refractivity contribution in [3.05, 3.63) is 42.1 Å². The molecule has 0 spiro atoms. The van der Waals surface area contributed by atoms with E-state index in [-0.39, 0.29) is 11.8 Å².